The number of amides is 2. The Kier molecular flexibility index (Phi) is 7.68. The zero-order valence-electron chi connectivity index (χ0n) is 20.2. The van der Waals surface area contributed by atoms with Crippen LogP contribution in [0.1, 0.15) is 24.0 Å². The summed E-state index contributed by atoms with van der Waals surface area (Å²) < 4.78 is 37.7. The number of nitrogens with zero attached hydrogens (tertiary/aromatic N) is 2. The summed E-state index contributed by atoms with van der Waals surface area (Å²) >= 11 is 5.77. The van der Waals surface area contributed by atoms with Gasteiger partial charge in [-0.3, -0.25) is 9.69 Å². The van der Waals surface area contributed by atoms with Gasteiger partial charge in [-0.15, -0.1) is 0 Å². The number of fused-ring (bicyclic) bond motifs is 2. The van der Waals surface area contributed by atoms with E-state index < -0.39 is 40.8 Å². The van der Waals surface area contributed by atoms with Crippen LogP contribution >= 0.6 is 11.6 Å². The predicted octanol–water partition coefficient (Wildman–Crippen LogP) is 4.15. The average molecular weight is 535 g/mol. The number of rotatable bonds is 7. The molecule has 2 aliphatic heterocycles. The highest BCUT2D eigenvalue weighted by molar-refractivity contribution is 6.32. The van der Waals surface area contributed by atoms with E-state index in [9.17, 15) is 28.3 Å². The van der Waals surface area contributed by atoms with Gasteiger partial charge >= 0.3 is 12.1 Å². The van der Waals surface area contributed by atoms with E-state index in [0.29, 0.717) is 24.0 Å². The fourth-order valence-electron chi connectivity index (χ4n) is 4.82. The third kappa shape index (κ3) is 5.11. The molecule has 4 rings (SSSR count). The number of ether oxygens (including phenoxy) is 2. The highest BCUT2D eigenvalue weighted by Gasteiger charge is 2.50. The molecule has 1 fully saturated rings. The van der Waals surface area contributed by atoms with Crippen LogP contribution in [0.3, 0.4) is 0 Å². The zero-order valence-corrected chi connectivity index (χ0v) is 20.9. The molecule has 11 heteroatoms. The Morgan fingerprint density at radius 2 is 1.78 bits per heavy atom. The number of carbonyl (C=O) groups excluding carboxylic acids is 2. The van der Waals surface area contributed by atoms with E-state index in [-0.39, 0.29) is 36.8 Å². The van der Waals surface area contributed by atoms with E-state index in [1.54, 1.807) is 19.2 Å². The molecule has 37 heavy (non-hydrogen) atoms. The van der Waals surface area contributed by atoms with Gasteiger partial charge in [0.05, 0.1) is 25.3 Å². The Balaban J connectivity index is 1.52. The first-order valence-electron chi connectivity index (χ1n) is 11.6. The summed E-state index contributed by atoms with van der Waals surface area (Å²) in [6, 6.07) is 7.41. The Morgan fingerprint density at radius 1 is 1.11 bits per heavy atom. The highest BCUT2D eigenvalue weighted by Crippen LogP contribution is 2.39. The van der Waals surface area contributed by atoms with E-state index in [4.69, 9.17) is 21.1 Å². The normalized spacial score (nSPS) is 19.2. The molecule has 2 aromatic carbocycles. The number of hydrogen-bond donors (Lipinski definition) is 1. The second-order valence-electron chi connectivity index (χ2n) is 8.85. The monoisotopic (exact) mass is 534 g/mol. The zero-order chi connectivity index (χ0) is 26.9. The molecule has 196 valence electrons. The van der Waals surface area contributed by atoms with Gasteiger partial charge in [-0.2, -0.15) is 0 Å². The third-order valence-corrected chi connectivity index (χ3v) is 6.97. The molecule has 1 saturated heterocycles. The fraction of sp³-hybridized carbons (Fsp3) is 0.346. The van der Waals surface area contributed by atoms with Crippen molar-refractivity contribution in [1.82, 2.24) is 9.80 Å². The maximum atomic E-state index is 13.8. The van der Waals surface area contributed by atoms with Gasteiger partial charge in [0.1, 0.15) is 16.9 Å². The highest BCUT2D eigenvalue weighted by atomic mass is 35.5. The van der Waals surface area contributed by atoms with Crippen LogP contribution in [-0.4, -0.2) is 72.3 Å². The van der Waals surface area contributed by atoms with Crippen LogP contribution in [0.15, 0.2) is 42.0 Å². The van der Waals surface area contributed by atoms with Crippen LogP contribution in [0.5, 0.6) is 5.75 Å². The molecule has 0 spiro atoms. The summed E-state index contributed by atoms with van der Waals surface area (Å²) in [5.41, 5.74) is 2.41. The van der Waals surface area contributed by atoms with Crippen LogP contribution in [0.4, 0.5) is 13.6 Å². The van der Waals surface area contributed by atoms with Crippen LogP contribution in [0, 0.1) is 11.6 Å². The standard InChI is InChI=1S/C26H25ClF2N2O6/c1-30-13-20-21(25(33)36-2)16(12-19(24(30)32)31(20)26(34)35)15-7-5-14(6-8-15)4-3-11-37-23-18(29)10-9-17(28)22(23)27/h5-10,19-20H,3-4,11-13H2,1-2H3,(H,34,35)/t19?,20-/m1/s1. The first-order valence-corrected chi connectivity index (χ1v) is 11.9. The number of piperazine rings is 1. The Labute approximate surface area is 217 Å². The lowest BCUT2D eigenvalue weighted by Crippen LogP contribution is -2.65. The van der Waals surface area contributed by atoms with Gasteiger partial charge < -0.3 is 19.5 Å². The Hall–Kier alpha value is -3.66. The van der Waals surface area contributed by atoms with Crippen molar-refractivity contribution in [2.45, 2.75) is 31.3 Å². The number of esters is 1. The van der Waals surface area contributed by atoms with Gasteiger partial charge in [0.15, 0.2) is 11.6 Å². The molecule has 2 atom stereocenters. The second kappa shape index (κ2) is 10.8. The molecule has 1 unspecified atom stereocenters. The first-order chi connectivity index (χ1) is 17.6. The Bertz CT molecular complexity index is 1270. The molecule has 0 saturated carbocycles. The van der Waals surface area contributed by atoms with E-state index in [2.05, 4.69) is 0 Å². The van der Waals surface area contributed by atoms with Crippen molar-refractivity contribution in [2.24, 2.45) is 0 Å². The molecule has 2 heterocycles. The van der Waals surface area contributed by atoms with E-state index in [1.807, 2.05) is 12.1 Å². The van der Waals surface area contributed by atoms with Gasteiger partial charge in [-0.1, -0.05) is 35.9 Å². The minimum absolute atomic E-state index is 0.0452. The summed E-state index contributed by atoms with van der Waals surface area (Å²) in [4.78, 5) is 39.9. The number of aryl methyl sites for hydroxylation is 1. The summed E-state index contributed by atoms with van der Waals surface area (Å²) in [5.74, 6) is -2.80. The predicted molar refractivity (Wildman–Crippen MR) is 130 cm³/mol. The third-order valence-electron chi connectivity index (χ3n) is 6.62. The molecule has 2 bridgehead atoms. The van der Waals surface area contributed by atoms with Crippen LogP contribution in [0.2, 0.25) is 5.02 Å². The molecule has 8 nitrogen and oxygen atoms in total. The summed E-state index contributed by atoms with van der Waals surface area (Å²) in [5, 5.41) is 9.36. The number of hydrogen-bond acceptors (Lipinski definition) is 5. The van der Waals surface area contributed by atoms with Crippen molar-refractivity contribution in [1.29, 1.82) is 0 Å². The lowest BCUT2D eigenvalue weighted by molar-refractivity contribution is -0.144. The van der Waals surface area contributed by atoms with Crippen molar-refractivity contribution in [3.63, 3.8) is 0 Å². The average Bonchev–Trinajstić information content (AvgIpc) is 2.88. The van der Waals surface area contributed by atoms with Crippen molar-refractivity contribution in [3.8, 4) is 5.75 Å². The largest absolute Gasteiger partial charge is 0.489 e. The van der Waals surface area contributed by atoms with E-state index in [1.165, 1.54) is 12.0 Å². The molecule has 2 aromatic rings. The van der Waals surface area contributed by atoms with Crippen LogP contribution in [0.25, 0.3) is 5.57 Å². The summed E-state index contributed by atoms with van der Waals surface area (Å²) in [7, 11) is 2.81. The van der Waals surface area contributed by atoms with Crippen molar-refractivity contribution in [3.05, 3.63) is 69.8 Å². The number of carbonyl (C=O) groups is 3. The van der Waals surface area contributed by atoms with Crippen LogP contribution < -0.4 is 4.74 Å². The Morgan fingerprint density at radius 3 is 2.43 bits per heavy atom. The summed E-state index contributed by atoms with van der Waals surface area (Å²) in [6.45, 7) is 0.160. The van der Waals surface area contributed by atoms with Crippen LogP contribution in [-0.2, 0) is 20.7 Å². The topological polar surface area (TPSA) is 96.4 Å². The van der Waals surface area contributed by atoms with Gasteiger partial charge in [0, 0.05) is 20.0 Å². The van der Waals surface area contributed by atoms with Gasteiger partial charge in [0.25, 0.3) is 0 Å². The molecular formula is C26H25ClF2N2O6. The van der Waals surface area contributed by atoms with Crippen molar-refractivity contribution >= 4 is 35.1 Å². The number of likely N-dealkylation sites (N-methyl/N-ethyl adjacent to an activating group) is 1. The maximum Gasteiger partial charge on any atom is 0.408 e. The quantitative estimate of drug-likeness (QED) is 0.326. The number of carboxylic acid groups (broad SMARTS) is 1. The van der Waals surface area contributed by atoms with Crippen molar-refractivity contribution in [2.75, 3.05) is 27.3 Å². The maximum absolute atomic E-state index is 13.8. The number of halogens is 3. The number of benzene rings is 2. The van der Waals surface area contributed by atoms with Gasteiger partial charge in [0.2, 0.25) is 5.91 Å². The minimum atomic E-state index is -1.27. The molecule has 2 aliphatic rings. The van der Waals surface area contributed by atoms with Gasteiger partial charge in [-0.25, -0.2) is 18.4 Å². The molecule has 2 amide bonds. The molecule has 0 aliphatic carbocycles. The van der Waals surface area contributed by atoms with E-state index >= 15 is 0 Å². The lowest BCUT2D eigenvalue weighted by Gasteiger charge is -2.47. The molecular weight excluding hydrogens is 510 g/mol. The van der Waals surface area contributed by atoms with Gasteiger partial charge in [-0.05, 0) is 41.7 Å². The molecule has 0 aromatic heterocycles. The fourth-order valence-corrected chi connectivity index (χ4v) is 5.03. The summed E-state index contributed by atoms with van der Waals surface area (Å²) in [6.07, 6.45) is -0.156. The number of methoxy groups -OCH3 is 1. The first kappa shape index (κ1) is 26.4. The molecule has 1 N–H and O–H groups in total. The smallest absolute Gasteiger partial charge is 0.408 e. The minimum Gasteiger partial charge on any atom is -0.489 e. The second-order valence-corrected chi connectivity index (χ2v) is 9.23. The van der Waals surface area contributed by atoms with E-state index in [0.717, 1.165) is 22.6 Å². The lowest BCUT2D eigenvalue weighted by atomic mass is 9.81. The van der Waals surface area contributed by atoms with Crippen molar-refractivity contribution < 1.29 is 37.7 Å². The molecule has 0 radical (unpaired) electrons. The SMILES string of the molecule is COC(=O)C1=C(c2ccc(CCCOc3c(F)ccc(F)c3Cl)cc2)CC2C(=O)N(C)C[C@H]1N2C(=O)O.